The zero-order valence-electron chi connectivity index (χ0n) is 15.4. The number of rotatable bonds is 1. The van der Waals surface area contributed by atoms with Gasteiger partial charge in [0, 0.05) is 0 Å². The minimum Gasteiger partial charge on any atom is -0.0622 e. The third-order valence-corrected chi connectivity index (χ3v) is 5.74. The Hall–Kier alpha value is -3.64. The summed E-state index contributed by atoms with van der Waals surface area (Å²) in [6.45, 7) is 0. The van der Waals surface area contributed by atoms with Gasteiger partial charge in [-0.3, -0.25) is 0 Å². The average Bonchev–Trinajstić information content (AvgIpc) is 2.75. The Bertz CT molecular complexity index is 1490. The second-order valence-electron chi connectivity index (χ2n) is 7.49. The van der Waals surface area contributed by atoms with Crippen molar-refractivity contribution in [3.05, 3.63) is 109 Å². The summed E-state index contributed by atoms with van der Waals surface area (Å²) < 4.78 is 0. The van der Waals surface area contributed by atoms with Crippen molar-refractivity contribution >= 4 is 43.1 Å². The summed E-state index contributed by atoms with van der Waals surface area (Å²) in [5.41, 5.74) is 2.55. The first-order valence-corrected chi connectivity index (χ1v) is 9.70. The lowest BCUT2D eigenvalue weighted by Gasteiger charge is -2.10. The van der Waals surface area contributed by atoms with Crippen LogP contribution >= 0.6 is 0 Å². The minimum absolute atomic E-state index is 1.26. The van der Waals surface area contributed by atoms with Crippen LogP contribution in [0.5, 0.6) is 0 Å². The van der Waals surface area contributed by atoms with E-state index in [0.29, 0.717) is 0 Å². The molecule has 0 saturated carbocycles. The van der Waals surface area contributed by atoms with E-state index in [2.05, 4.69) is 109 Å². The molecule has 6 rings (SSSR count). The summed E-state index contributed by atoms with van der Waals surface area (Å²) in [5, 5.41) is 10.4. The lowest BCUT2D eigenvalue weighted by molar-refractivity contribution is 1.66. The molecule has 0 atom stereocenters. The van der Waals surface area contributed by atoms with Crippen LogP contribution in [0.1, 0.15) is 0 Å². The summed E-state index contributed by atoms with van der Waals surface area (Å²) in [6.07, 6.45) is 0. The number of hydrogen-bond acceptors (Lipinski definition) is 0. The van der Waals surface area contributed by atoms with Crippen LogP contribution in [0.2, 0.25) is 0 Å². The Labute approximate surface area is 163 Å². The Morgan fingerprint density at radius 2 is 0.821 bits per heavy atom. The lowest BCUT2D eigenvalue weighted by Crippen LogP contribution is -1.83. The Morgan fingerprint density at radius 1 is 0.321 bits per heavy atom. The summed E-state index contributed by atoms with van der Waals surface area (Å²) in [4.78, 5) is 0. The fourth-order valence-corrected chi connectivity index (χ4v) is 4.34. The van der Waals surface area contributed by atoms with Gasteiger partial charge < -0.3 is 0 Å². The maximum absolute atomic E-state index is 2.35. The first-order chi connectivity index (χ1) is 13.8. The van der Waals surface area contributed by atoms with E-state index in [1.54, 1.807) is 0 Å². The molecule has 0 aliphatic carbocycles. The molecule has 0 N–H and O–H groups in total. The first-order valence-electron chi connectivity index (χ1n) is 9.70. The smallest absolute Gasteiger partial charge is 0.00990 e. The van der Waals surface area contributed by atoms with Crippen LogP contribution in [-0.4, -0.2) is 0 Å². The quantitative estimate of drug-likeness (QED) is 0.263. The zero-order valence-corrected chi connectivity index (χ0v) is 15.4. The van der Waals surface area contributed by atoms with Gasteiger partial charge in [-0.2, -0.15) is 0 Å². The van der Waals surface area contributed by atoms with Gasteiger partial charge >= 0.3 is 0 Å². The molecule has 0 unspecified atom stereocenters. The highest BCUT2D eigenvalue weighted by atomic mass is 14.1. The molecule has 0 fully saturated rings. The standard InChI is InChI=1S/C28H18/c1-2-7-19(8-3-1)27-12-6-11-22-15-25-16-23-13-20-9-4-5-10-21(20)14-24(23)17-26(25)18-28(22)27/h1-18H. The summed E-state index contributed by atoms with van der Waals surface area (Å²) >= 11 is 0. The molecule has 0 radical (unpaired) electrons. The molecule has 0 saturated heterocycles. The van der Waals surface area contributed by atoms with Crippen molar-refractivity contribution in [3.8, 4) is 11.1 Å². The SMILES string of the molecule is c1ccc(-c2cccc3cc4cc5cc6ccccc6cc5cc4cc23)cc1. The molecule has 0 heteroatoms. The van der Waals surface area contributed by atoms with Gasteiger partial charge in [0.2, 0.25) is 0 Å². The zero-order chi connectivity index (χ0) is 18.5. The van der Waals surface area contributed by atoms with E-state index in [1.807, 2.05) is 0 Å². The van der Waals surface area contributed by atoms with E-state index in [4.69, 9.17) is 0 Å². The van der Waals surface area contributed by atoms with Gasteiger partial charge in [0.1, 0.15) is 0 Å². The van der Waals surface area contributed by atoms with E-state index < -0.39 is 0 Å². The Balaban J connectivity index is 1.68. The van der Waals surface area contributed by atoms with Gasteiger partial charge in [0.15, 0.2) is 0 Å². The van der Waals surface area contributed by atoms with Crippen LogP contribution < -0.4 is 0 Å². The van der Waals surface area contributed by atoms with Crippen LogP contribution in [0.15, 0.2) is 109 Å². The van der Waals surface area contributed by atoms with Gasteiger partial charge in [-0.15, -0.1) is 0 Å². The molecule has 0 nitrogen and oxygen atoms in total. The van der Waals surface area contributed by atoms with Crippen LogP contribution in [0.3, 0.4) is 0 Å². The van der Waals surface area contributed by atoms with Gasteiger partial charge in [-0.05, 0) is 90.6 Å². The molecule has 6 aromatic carbocycles. The molecule has 0 aliphatic heterocycles. The van der Waals surface area contributed by atoms with Gasteiger partial charge in [-0.25, -0.2) is 0 Å². The number of benzene rings is 6. The van der Waals surface area contributed by atoms with Crippen molar-refractivity contribution in [1.29, 1.82) is 0 Å². The average molecular weight is 354 g/mol. The van der Waals surface area contributed by atoms with Crippen LogP contribution in [0, 0.1) is 0 Å². The van der Waals surface area contributed by atoms with Crippen LogP contribution in [0.25, 0.3) is 54.2 Å². The van der Waals surface area contributed by atoms with Crippen molar-refractivity contribution in [2.75, 3.05) is 0 Å². The van der Waals surface area contributed by atoms with Gasteiger partial charge in [0.05, 0.1) is 0 Å². The lowest BCUT2D eigenvalue weighted by atomic mass is 9.94. The van der Waals surface area contributed by atoms with Crippen LogP contribution in [0.4, 0.5) is 0 Å². The predicted molar refractivity (Wildman–Crippen MR) is 122 cm³/mol. The molecular formula is C28H18. The number of hydrogen-bond donors (Lipinski definition) is 0. The first kappa shape index (κ1) is 15.4. The van der Waals surface area contributed by atoms with Gasteiger partial charge in [-0.1, -0.05) is 72.8 Å². The molecule has 6 aromatic rings. The van der Waals surface area contributed by atoms with Crippen molar-refractivity contribution in [1.82, 2.24) is 0 Å². The maximum Gasteiger partial charge on any atom is -0.00990 e. The predicted octanol–water partition coefficient (Wildman–Crippen LogP) is 7.97. The highest BCUT2D eigenvalue weighted by Gasteiger charge is 2.07. The molecule has 0 aromatic heterocycles. The molecule has 0 aliphatic rings. The van der Waals surface area contributed by atoms with Gasteiger partial charge in [0.25, 0.3) is 0 Å². The van der Waals surface area contributed by atoms with Crippen LogP contribution in [-0.2, 0) is 0 Å². The molecular weight excluding hydrogens is 336 g/mol. The minimum atomic E-state index is 1.26. The Morgan fingerprint density at radius 3 is 1.50 bits per heavy atom. The molecule has 0 spiro atoms. The normalized spacial score (nSPS) is 11.6. The second kappa shape index (κ2) is 5.94. The molecule has 0 amide bonds. The van der Waals surface area contributed by atoms with E-state index in [9.17, 15) is 0 Å². The van der Waals surface area contributed by atoms with Crippen molar-refractivity contribution in [3.63, 3.8) is 0 Å². The third-order valence-electron chi connectivity index (χ3n) is 5.74. The highest BCUT2D eigenvalue weighted by molar-refractivity contribution is 6.10. The second-order valence-corrected chi connectivity index (χ2v) is 7.49. The highest BCUT2D eigenvalue weighted by Crippen LogP contribution is 2.34. The molecule has 130 valence electrons. The van der Waals surface area contributed by atoms with E-state index in [1.165, 1.54) is 54.2 Å². The van der Waals surface area contributed by atoms with Crippen molar-refractivity contribution in [2.24, 2.45) is 0 Å². The van der Waals surface area contributed by atoms with Crippen molar-refractivity contribution in [2.45, 2.75) is 0 Å². The number of fused-ring (bicyclic) bond motifs is 4. The van der Waals surface area contributed by atoms with E-state index in [0.717, 1.165) is 0 Å². The Kier molecular flexibility index (Phi) is 3.27. The summed E-state index contributed by atoms with van der Waals surface area (Å²) in [6, 6.07) is 39.8. The topological polar surface area (TPSA) is 0 Å². The summed E-state index contributed by atoms with van der Waals surface area (Å²) in [7, 11) is 0. The molecule has 0 bridgehead atoms. The van der Waals surface area contributed by atoms with E-state index >= 15 is 0 Å². The van der Waals surface area contributed by atoms with Crippen molar-refractivity contribution < 1.29 is 0 Å². The fourth-order valence-electron chi connectivity index (χ4n) is 4.34. The molecule has 0 heterocycles. The van der Waals surface area contributed by atoms with E-state index in [-0.39, 0.29) is 0 Å². The maximum atomic E-state index is 2.35. The third kappa shape index (κ3) is 2.39. The molecule has 28 heavy (non-hydrogen) atoms. The summed E-state index contributed by atoms with van der Waals surface area (Å²) in [5.74, 6) is 0. The fraction of sp³-hybridized carbons (Fsp3) is 0. The largest absolute Gasteiger partial charge is 0.0622 e. The monoisotopic (exact) mass is 354 g/mol.